The van der Waals surface area contributed by atoms with Crippen molar-refractivity contribution < 1.29 is 9.47 Å². The van der Waals surface area contributed by atoms with Gasteiger partial charge in [0, 0.05) is 5.56 Å². The van der Waals surface area contributed by atoms with Gasteiger partial charge in [-0.2, -0.15) is 0 Å². The van der Waals surface area contributed by atoms with Crippen LogP contribution in [0.3, 0.4) is 0 Å². The summed E-state index contributed by atoms with van der Waals surface area (Å²) in [6.45, 7) is 0. The molecular formula is C16H13ClO2. The number of benzene rings is 2. The first-order chi connectivity index (χ1) is 9.28. The first-order valence-electron chi connectivity index (χ1n) is 6.05. The van der Waals surface area contributed by atoms with Gasteiger partial charge >= 0.3 is 0 Å². The summed E-state index contributed by atoms with van der Waals surface area (Å²) in [5, 5.41) is 0.725. The summed E-state index contributed by atoms with van der Waals surface area (Å²) in [6, 6.07) is 15.6. The summed E-state index contributed by atoms with van der Waals surface area (Å²) < 4.78 is 11.1. The van der Waals surface area contributed by atoms with Crippen LogP contribution >= 0.6 is 11.6 Å². The molecule has 19 heavy (non-hydrogen) atoms. The maximum absolute atomic E-state index is 6.31. The van der Waals surface area contributed by atoms with E-state index in [-0.39, 0.29) is 6.10 Å². The lowest BCUT2D eigenvalue weighted by atomic mass is 10.0. The van der Waals surface area contributed by atoms with Crippen molar-refractivity contribution in [2.75, 3.05) is 7.11 Å². The van der Waals surface area contributed by atoms with Crippen LogP contribution < -0.4 is 9.47 Å². The van der Waals surface area contributed by atoms with E-state index in [4.69, 9.17) is 21.1 Å². The van der Waals surface area contributed by atoms with Gasteiger partial charge in [-0.1, -0.05) is 35.9 Å². The van der Waals surface area contributed by atoms with E-state index in [1.165, 1.54) is 0 Å². The van der Waals surface area contributed by atoms with Crippen LogP contribution in [0, 0.1) is 0 Å². The van der Waals surface area contributed by atoms with E-state index >= 15 is 0 Å². The van der Waals surface area contributed by atoms with Crippen LogP contribution in [-0.2, 0) is 0 Å². The van der Waals surface area contributed by atoms with E-state index in [0.717, 1.165) is 27.7 Å². The minimum atomic E-state index is -0.159. The molecule has 0 radical (unpaired) electrons. The first-order valence-corrected chi connectivity index (χ1v) is 6.43. The molecule has 1 aliphatic heterocycles. The number of methoxy groups -OCH3 is 1. The second-order valence-corrected chi connectivity index (χ2v) is 4.73. The molecule has 2 nitrogen and oxygen atoms in total. The molecule has 0 amide bonds. The van der Waals surface area contributed by atoms with E-state index in [9.17, 15) is 0 Å². The van der Waals surface area contributed by atoms with Gasteiger partial charge in [0.2, 0.25) is 0 Å². The third-order valence-electron chi connectivity index (χ3n) is 3.14. The third kappa shape index (κ3) is 2.32. The summed E-state index contributed by atoms with van der Waals surface area (Å²) >= 11 is 6.31. The van der Waals surface area contributed by atoms with Crippen LogP contribution in [0.4, 0.5) is 0 Å². The van der Waals surface area contributed by atoms with Crippen molar-refractivity contribution in [3.05, 3.63) is 65.7 Å². The van der Waals surface area contributed by atoms with Crippen molar-refractivity contribution in [2.24, 2.45) is 0 Å². The van der Waals surface area contributed by atoms with Crippen molar-refractivity contribution in [2.45, 2.75) is 6.10 Å². The van der Waals surface area contributed by atoms with Crippen molar-refractivity contribution >= 4 is 16.6 Å². The van der Waals surface area contributed by atoms with Gasteiger partial charge in [0.1, 0.15) is 17.6 Å². The van der Waals surface area contributed by atoms with E-state index in [1.807, 2.05) is 54.6 Å². The molecule has 0 N–H and O–H groups in total. The van der Waals surface area contributed by atoms with E-state index in [0.29, 0.717) is 0 Å². The fraction of sp³-hybridized carbons (Fsp3) is 0.125. The average Bonchev–Trinajstić information content (AvgIpc) is 2.47. The predicted octanol–water partition coefficient (Wildman–Crippen LogP) is 4.41. The van der Waals surface area contributed by atoms with Crippen LogP contribution in [0.1, 0.15) is 17.2 Å². The molecule has 1 aliphatic rings. The molecule has 2 aromatic carbocycles. The highest BCUT2D eigenvalue weighted by molar-refractivity contribution is 6.49. The zero-order valence-electron chi connectivity index (χ0n) is 10.5. The Morgan fingerprint density at radius 1 is 1.05 bits per heavy atom. The van der Waals surface area contributed by atoms with Crippen molar-refractivity contribution in [1.29, 1.82) is 0 Å². The second-order valence-electron chi connectivity index (χ2n) is 4.32. The van der Waals surface area contributed by atoms with Gasteiger partial charge in [0.25, 0.3) is 0 Å². The van der Waals surface area contributed by atoms with Crippen LogP contribution in [0.2, 0.25) is 0 Å². The summed E-state index contributed by atoms with van der Waals surface area (Å²) in [7, 11) is 1.65. The van der Waals surface area contributed by atoms with Gasteiger partial charge in [-0.25, -0.2) is 0 Å². The molecule has 0 aliphatic carbocycles. The van der Waals surface area contributed by atoms with Gasteiger partial charge < -0.3 is 9.47 Å². The molecule has 0 spiro atoms. The number of ether oxygens (including phenoxy) is 2. The maximum Gasteiger partial charge on any atom is 0.144 e. The fourth-order valence-corrected chi connectivity index (χ4v) is 2.39. The zero-order valence-corrected chi connectivity index (χ0v) is 11.2. The van der Waals surface area contributed by atoms with Gasteiger partial charge in [0.15, 0.2) is 0 Å². The molecule has 0 fully saturated rings. The molecule has 0 saturated heterocycles. The van der Waals surface area contributed by atoms with Gasteiger partial charge in [-0.05, 0) is 35.9 Å². The molecule has 3 heteroatoms. The second kappa shape index (κ2) is 4.98. The number of para-hydroxylation sites is 1. The summed E-state index contributed by atoms with van der Waals surface area (Å²) in [4.78, 5) is 0. The molecule has 0 bridgehead atoms. The van der Waals surface area contributed by atoms with Gasteiger partial charge in [0.05, 0.1) is 12.1 Å². The largest absolute Gasteiger partial charge is 0.497 e. The predicted molar refractivity (Wildman–Crippen MR) is 76.6 cm³/mol. The third-order valence-corrected chi connectivity index (χ3v) is 3.47. The minimum absolute atomic E-state index is 0.159. The SMILES string of the molecule is COc1ccc(C2C=C(Cl)c3ccccc3O2)cc1. The highest BCUT2D eigenvalue weighted by atomic mass is 35.5. The lowest BCUT2D eigenvalue weighted by molar-refractivity contribution is 0.251. The number of hydrogen-bond donors (Lipinski definition) is 0. The Kier molecular flexibility index (Phi) is 3.18. The Balaban J connectivity index is 1.94. The monoisotopic (exact) mass is 272 g/mol. The molecule has 1 atom stereocenters. The van der Waals surface area contributed by atoms with Crippen LogP contribution in [-0.4, -0.2) is 7.11 Å². The summed E-state index contributed by atoms with van der Waals surface area (Å²) in [6.07, 6.45) is 1.76. The molecule has 96 valence electrons. The Morgan fingerprint density at radius 3 is 2.53 bits per heavy atom. The Labute approximate surface area is 117 Å². The Bertz CT molecular complexity index is 617. The van der Waals surface area contributed by atoms with Crippen LogP contribution in [0.5, 0.6) is 11.5 Å². The van der Waals surface area contributed by atoms with E-state index in [1.54, 1.807) is 7.11 Å². The van der Waals surface area contributed by atoms with Crippen LogP contribution in [0.15, 0.2) is 54.6 Å². The zero-order chi connectivity index (χ0) is 13.2. The minimum Gasteiger partial charge on any atom is -0.497 e. The van der Waals surface area contributed by atoms with Gasteiger partial charge in [-0.15, -0.1) is 0 Å². The summed E-state index contributed by atoms with van der Waals surface area (Å²) in [5.74, 6) is 1.64. The number of hydrogen-bond acceptors (Lipinski definition) is 2. The number of fused-ring (bicyclic) bond motifs is 1. The molecule has 3 rings (SSSR count). The number of rotatable bonds is 2. The van der Waals surface area contributed by atoms with Crippen molar-refractivity contribution in [3.8, 4) is 11.5 Å². The Hall–Kier alpha value is -1.93. The molecule has 1 unspecified atom stereocenters. The van der Waals surface area contributed by atoms with E-state index < -0.39 is 0 Å². The quantitative estimate of drug-likeness (QED) is 0.806. The summed E-state index contributed by atoms with van der Waals surface area (Å²) in [5.41, 5.74) is 1.99. The Morgan fingerprint density at radius 2 is 1.79 bits per heavy atom. The maximum atomic E-state index is 6.31. The molecular weight excluding hydrogens is 260 g/mol. The smallest absolute Gasteiger partial charge is 0.144 e. The molecule has 0 aromatic heterocycles. The van der Waals surface area contributed by atoms with Crippen molar-refractivity contribution in [3.63, 3.8) is 0 Å². The molecule has 0 saturated carbocycles. The highest BCUT2D eigenvalue weighted by Crippen LogP contribution is 2.39. The lowest BCUT2D eigenvalue weighted by Crippen LogP contribution is -2.10. The first kappa shape index (κ1) is 12.1. The van der Waals surface area contributed by atoms with Crippen molar-refractivity contribution in [1.82, 2.24) is 0 Å². The van der Waals surface area contributed by atoms with E-state index in [2.05, 4.69) is 0 Å². The molecule has 2 aromatic rings. The fourth-order valence-electron chi connectivity index (χ4n) is 2.12. The average molecular weight is 273 g/mol. The van der Waals surface area contributed by atoms with Crippen LogP contribution in [0.25, 0.3) is 5.03 Å². The lowest BCUT2D eigenvalue weighted by Gasteiger charge is -2.23. The normalized spacial score (nSPS) is 17.2. The van der Waals surface area contributed by atoms with Gasteiger partial charge in [-0.3, -0.25) is 0 Å². The standard InChI is InChI=1S/C16H13ClO2/c1-18-12-8-6-11(7-9-12)16-10-14(17)13-4-2-3-5-15(13)19-16/h2-10,16H,1H3. The topological polar surface area (TPSA) is 18.5 Å². The molecule has 1 heterocycles. The highest BCUT2D eigenvalue weighted by Gasteiger charge is 2.20. The number of halogens is 1.